The molecule has 0 saturated heterocycles. The standard InChI is InChI=1S/C15H14BrNO4/c1-10-7-14(18)13(15(19)20)9-17(10)5-6-21-12-4-2-3-11(16)8-12/h2-4,7-9H,5-6H2,1H3,(H,19,20). The van der Waals surface area contributed by atoms with Gasteiger partial charge in [0, 0.05) is 22.4 Å². The van der Waals surface area contributed by atoms with Crippen LogP contribution in [0.4, 0.5) is 0 Å². The summed E-state index contributed by atoms with van der Waals surface area (Å²) in [6.45, 7) is 2.59. The Morgan fingerprint density at radius 3 is 2.81 bits per heavy atom. The first-order valence-corrected chi connectivity index (χ1v) is 7.09. The van der Waals surface area contributed by atoms with E-state index in [1.54, 1.807) is 11.5 Å². The Hall–Kier alpha value is -2.08. The molecule has 1 N–H and O–H groups in total. The number of aromatic carboxylic acids is 1. The zero-order chi connectivity index (χ0) is 15.4. The second-order valence-electron chi connectivity index (χ2n) is 4.50. The van der Waals surface area contributed by atoms with Crippen molar-refractivity contribution < 1.29 is 14.6 Å². The number of pyridine rings is 1. The molecule has 2 aromatic rings. The summed E-state index contributed by atoms with van der Waals surface area (Å²) in [6.07, 6.45) is 1.35. The zero-order valence-electron chi connectivity index (χ0n) is 11.4. The monoisotopic (exact) mass is 351 g/mol. The average Bonchev–Trinajstić information content (AvgIpc) is 2.41. The molecule has 0 aliphatic rings. The SMILES string of the molecule is Cc1cc(=O)c(C(=O)O)cn1CCOc1cccc(Br)c1. The van der Waals surface area contributed by atoms with Crippen LogP contribution in [-0.2, 0) is 6.54 Å². The number of nitrogens with zero attached hydrogens (tertiary/aromatic N) is 1. The van der Waals surface area contributed by atoms with E-state index in [4.69, 9.17) is 9.84 Å². The first-order chi connectivity index (χ1) is 9.97. The molecule has 110 valence electrons. The van der Waals surface area contributed by atoms with Crippen LogP contribution in [0.1, 0.15) is 16.1 Å². The summed E-state index contributed by atoms with van der Waals surface area (Å²) in [5.74, 6) is -0.497. The first kappa shape index (κ1) is 15.3. The number of benzene rings is 1. The number of carboxylic acid groups (broad SMARTS) is 1. The third kappa shape index (κ3) is 3.95. The molecule has 2 rings (SSSR count). The van der Waals surface area contributed by atoms with Crippen molar-refractivity contribution in [2.45, 2.75) is 13.5 Å². The van der Waals surface area contributed by atoms with Crippen LogP contribution in [0.3, 0.4) is 0 Å². The lowest BCUT2D eigenvalue weighted by molar-refractivity contribution is 0.0694. The predicted molar refractivity (Wildman–Crippen MR) is 82.0 cm³/mol. The van der Waals surface area contributed by atoms with E-state index in [-0.39, 0.29) is 5.56 Å². The summed E-state index contributed by atoms with van der Waals surface area (Å²) in [5.41, 5.74) is -0.0185. The Morgan fingerprint density at radius 2 is 2.14 bits per heavy atom. The van der Waals surface area contributed by atoms with Crippen LogP contribution in [0.25, 0.3) is 0 Å². The molecule has 6 heteroatoms. The van der Waals surface area contributed by atoms with Crippen LogP contribution in [0, 0.1) is 6.92 Å². The summed E-state index contributed by atoms with van der Waals surface area (Å²) < 4.78 is 8.22. The normalized spacial score (nSPS) is 10.4. The fourth-order valence-corrected chi connectivity index (χ4v) is 2.27. The van der Waals surface area contributed by atoms with Crippen molar-refractivity contribution >= 4 is 21.9 Å². The topological polar surface area (TPSA) is 68.5 Å². The van der Waals surface area contributed by atoms with Gasteiger partial charge in [-0.3, -0.25) is 4.79 Å². The van der Waals surface area contributed by atoms with Gasteiger partial charge in [-0.05, 0) is 25.1 Å². The van der Waals surface area contributed by atoms with Gasteiger partial charge in [-0.1, -0.05) is 22.0 Å². The minimum absolute atomic E-state index is 0.233. The zero-order valence-corrected chi connectivity index (χ0v) is 13.0. The number of rotatable bonds is 5. The Bertz CT molecular complexity index is 724. The lowest BCUT2D eigenvalue weighted by atomic mass is 10.2. The fraction of sp³-hybridized carbons (Fsp3) is 0.200. The highest BCUT2D eigenvalue weighted by atomic mass is 79.9. The van der Waals surface area contributed by atoms with Crippen molar-refractivity contribution in [3.8, 4) is 5.75 Å². The van der Waals surface area contributed by atoms with Gasteiger partial charge in [-0.15, -0.1) is 0 Å². The minimum atomic E-state index is -1.22. The Kier molecular flexibility index (Phi) is 4.80. The molecular formula is C15H14BrNO4. The second-order valence-corrected chi connectivity index (χ2v) is 5.41. The van der Waals surface area contributed by atoms with Gasteiger partial charge in [-0.25, -0.2) is 4.79 Å². The number of halogens is 1. The van der Waals surface area contributed by atoms with Crippen molar-refractivity contribution in [1.82, 2.24) is 4.57 Å². The number of aromatic nitrogens is 1. The van der Waals surface area contributed by atoms with Gasteiger partial charge in [0.2, 0.25) is 0 Å². The summed E-state index contributed by atoms with van der Waals surface area (Å²) in [4.78, 5) is 22.5. The Labute approximate surface area is 129 Å². The summed E-state index contributed by atoms with van der Waals surface area (Å²) in [7, 11) is 0. The molecule has 0 bridgehead atoms. The number of ether oxygens (including phenoxy) is 1. The van der Waals surface area contributed by atoms with E-state index in [1.807, 2.05) is 24.3 Å². The van der Waals surface area contributed by atoms with E-state index in [9.17, 15) is 9.59 Å². The molecule has 0 spiro atoms. The predicted octanol–water partition coefficient (Wildman–Crippen LogP) is 2.70. The third-order valence-corrected chi connectivity index (χ3v) is 3.46. The Morgan fingerprint density at radius 1 is 1.38 bits per heavy atom. The third-order valence-electron chi connectivity index (χ3n) is 2.97. The number of carbonyl (C=O) groups is 1. The molecule has 1 aromatic heterocycles. The highest BCUT2D eigenvalue weighted by Gasteiger charge is 2.10. The summed E-state index contributed by atoms with van der Waals surface area (Å²) in [6, 6.07) is 8.78. The largest absolute Gasteiger partial charge is 0.492 e. The first-order valence-electron chi connectivity index (χ1n) is 6.30. The van der Waals surface area contributed by atoms with E-state index in [2.05, 4.69) is 15.9 Å². The number of hydrogen-bond acceptors (Lipinski definition) is 3. The van der Waals surface area contributed by atoms with Gasteiger partial charge in [0.1, 0.15) is 17.9 Å². The summed E-state index contributed by atoms with van der Waals surface area (Å²) in [5, 5.41) is 8.97. The maximum atomic E-state index is 11.5. The molecule has 0 amide bonds. The van der Waals surface area contributed by atoms with Crippen LogP contribution in [0.2, 0.25) is 0 Å². The van der Waals surface area contributed by atoms with Gasteiger partial charge < -0.3 is 14.4 Å². The van der Waals surface area contributed by atoms with Crippen molar-refractivity contribution in [3.63, 3.8) is 0 Å². The molecule has 0 aliphatic carbocycles. The molecule has 0 unspecified atom stereocenters. The van der Waals surface area contributed by atoms with Crippen molar-refractivity contribution in [2.75, 3.05) is 6.61 Å². The van der Waals surface area contributed by atoms with Crippen LogP contribution >= 0.6 is 15.9 Å². The average molecular weight is 352 g/mol. The molecule has 5 nitrogen and oxygen atoms in total. The molecule has 1 aromatic carbocycles. The second kappa shape index (κ2) is 6.58. The van der Waals surface area contributed by atoms with Crippen LogP contribution in [0.15, 0.2) is 45.8 Å². The summed E-state index contributed by atoms with van der Waals surface area (Å²) >= 11 is 3.36. The molecule has 0 atom stereocenters. The lowest BCUT2D eigenvalue weighted by Crippen LogP contribution is -2.20. The van der Waals surface area contributed by atoms with Gasteiger partial charge in [0.05, 0.1) is 6.54 Å². The van der Waals surface area contributed by atoms with E-state index < -0.39 is 11.4 Å². The fourth-order valence-electron chi connectivity index (χ4n) is 1.89. The minimum Gasteiger partial charge on any atom is -0.492 e. The Balaban J connectivity index is 2.08. The number of carboxylic acids is 1. The number of hydrogen-bond donors (Lipinski definition) is 1. The van der Waals surface area contributed by atoms with Crippen LogP contribution in [-0.4, -0.2) is 22.2 Å². The molecule has 0 aliphatic heterocycles. The lowest BCUT2D eigenvalue weighted by Gasteiger charge is -2.12. The van der Waals surface area contributed by atoms with Gasteiger partial charge in [0.25, 0.3) is 0 Å². The molecule has 0 radical (unpaired) electrons. The van der Waals surface area contributed by atoms with Crippen molar-refractivity contribution in [3.05, 3.63) is 62.5 Å². The van der Waals surface area contributed by atoms with Gasteiger partial charge in [-0.2, -0.15) is 0 Å². The van der Waals surface area contributed by atoms with Crippen molar-refractivity contribution in [2.24, 2.45) is 0 Å². The maximum absolute atomic E-state index is 11.5. The molecular weight excluding hydrogens is 338 g/mol. The molecule has 0 fully saturated rings. The number of aryl methyl sites for hydroxylation is 1. The van der Waals surface area contributed by atoms with E-state index in [0.717, 1.165) is 10.2 Å². The highest BCUT2D eigenvalue weighted by Crippen LogP contribution is 2.17. The van der Waals surface area contributed by atoms with E-state index >= 15 is 0 Å². The van der Waals surface area contributed by atoms with Gasteiger partial charge >= 0.3 is 5.97 Å². The van der Waals surface area contributed by atoms with Crippen LogP contribution < -0.4 is 10.2 Å². The van der Waals surface area contributed by atoms with E-state index in [0.29, 0.717) is 18.8 Å². The quantitative estimate of drug-likeness (QED) is 0.899. The molecule has 0 saturated carbocycles. The molecule has 1 heterocycles. The molecule has 21 heavy (non-hydrogen) atoms. The van der Waals surface area contributed by atoms with Crippen LogP contribution in [0.5, 0.6) is 5.75 Å². The maximum Gasteiger partial charge on any atom is 0.341 e. The highest BCUT2D eigenvalue weighted by molar-refractivity contribution is 9.10. The smallest absolute Gasteiger partial charge is 0.341 e. The van der Waals surface area contributed by atoms with E-state index in [1.165, 1.54) is 12.3 Å². The van der Waals surface area contributed by atoms with Gasteiger partial charge in [0.15, 0.2) is 5.43 Å². The van der Waals surface area contributed by atoms with Crippen molar-refractivity contribution in [1.29, 1.82) is 0 Å².